The summed E-state index contributed by atoms with van der Waals surface area (Å²) in [7, 11) is 0. The maximum atomic E-state index is 13.4. The van der Waals surface area contributed by atoms with Crippen LogP contribution in [0, 0.1) is 28.5 Å². The summed E-state index contributed by atoms with van der Waals surface area (Å²) < 4.78 is 13.4. The predicted molar refractivity (Wildman–Crippen MR) is 83.2 cm³/mol. The molecule has 1 aromatic rings. The molecule has 1 aromatic carbocycles. The van der Waals surface area contributed by atoms with Gasteiger partial charge in [-0.25, -0.2) is 4.39 Å². The van der Waals surface area contributed by atoms with Gasteiger partial charge in [-0.3, -0.25) is 4.90 Å². The van der Waals surface area contributed by atoms with Gasteiger partial charge in [0.1, 0.15) is 11.9 Å². The monoisotopic (exact) mass is 288 g/mol. The molecule has 3 heteroatoms. The Hall–Kier alpha value is -1.40. The van der Waals surface area contributed by atoms with Crippen LogP contribution in [-0.4, -0.2) is 18.0 Å². The van der Waals surface area contributed by atoms with Crippen molar-refractivity contribution in [3.8, 4) is 6.07 Å². The zero-order chi connectivity index (χ0) is 15.5. The second-order valence-corrected chi connectivity index (χ2v) is 7.20. The summed E-state index contributed by atoms with van der Waals surface area (Å²) >= 11 is 0. The number of rotatable bonds is 2. The largest absolute Gasteiger partial charge is 0.299 e. The smallest absolute Gasteiger partial charge is 0.140 e. The molecule has 0 aliphatic carbocycles. The highest BCUT2D eigenvalue weighted by molar-refractivity contribution is 5.34. The minimum Gasteiger partial charge on any atom is -0.299 e. The lowest BCUT2D eigenvalue weighted by Gasteiger charge is -2.29. The first-order valence-electron chi connectivity index (χ1n) is 7.81. The summed E-state index contributed by atoms with van der Waals surface area (Å²) in [5.74, 6) is 0.343. The van der Waals surface area contributed by atoms with Crippen molar-refractivity contribution < 1.29 is 4.39 Å². The van der Waals surface area contributed by atoms with E-state index in [0.29, 0.717) is 5.41 Å². The van der Waals surface area contributed by atoms with Crippen LogP contribution >= 0.6 is 0 Å². The molecule has 0 radical (unpaired) electrons. The highest BCUT2D eigenvalue weighted by Gasteiger charge is 2.27. The number of hydrogen-bond acceptors (Lipinski definition) is 2. The summed E-state index contributed by atoms with van der Waals surface area (Å²) in [4.78, 5) is 2.43. The molecule has 2 rings (SSSR count). The highest BCUT2D eigenvalue weighted by Crippen LogP contribution is 2.34. The molecule has 2 nitrogen and oxygen atoms in total. The van der Waals surface area contributed by atoms with Crippen LogP contribution in [0.25, 0.3) is 0 Å². The molecule has 0 aromatic heterocycles. The van der Waals surface area contributed by atoms with Crippen LogP contribution in [0.1, 0.15) is 51.2 Å². The molecule has 114 valence electrons. The van der Waals surface area contributed by atoms with Gasteiger partial charge in [0.05, 0.1) is 5.56 Å². The normalized spacial score (nSPS) is 20.8. The molecule has 0 saturated carbocycles. The Morgan fingerprint density at radius 3 is 2.71 bits per heavy atom. The van der Waals surface area contributed by atoms with Gasteiger partial charge in [-0.15, -0.1) is 0 Å². The maximum Gasteiger partial charge on any atom is 0.140 e. The third-order valence-electron chi connectivity index (χ3n) is 4.60. The third-order valence-corrected chi connectivity index (χ3v) is 4.60. The Morgan fingerprint density at radius 2 is 2.05 bits per heavy atom. The molecular formula is C18H25FN2. The zero-order valence-corrected chi connectivity index (χ0v) is 13.3. The van der Waals surface area contributed by atoms with E-state index in [1.54, 1.807) is 12.1 Å². The van der Waals surface area contributed by atoms with Crippen LogP contribution in [0.2, 0.25) is 0 Å². The van der Waals surface area contributed by atoms with E-state index >= 15 is 0 Å². The van der Waals surface area contributed by atoms with Gasteiger partial charge in [0.25, 0.3) is 0 Å². The summed E-state index contributed by atoms with van der Waals surface area (Å²) in [5, 5.41) is 8.91. The molecule has 1 unspecified atom stereocenters. The number of halogens is 1. The zero-order valence-electron chi connectivity index (χ0n) is 13.3. The molecule has 1 fully saturated rings. The van der Waals surface area contributed by atoms with E-state index < -0.39 is 5.82 Å². The molecule has 1 aliphatic heterocycles. The molecule has 1 aliphatic rings. The molecule has 0 bridgehead atoms. The SMILES string of the molecule is CC(C)(C)C1CCCN(Cc2ccc(F)c(C#N)c2)CC1. The molecule has 0 spiro atoms. The van der Waals surface area contributed by atoms with E-state index in [1.807, 2.05) is 6.07 Å². The van der Waals surface area contributed by atoms with Crippen LogP contribution < -0.4 is 0 Å². The lowest BCUT2D eigenvalue weighted by molar-refractivity contribution is 0.206. The third kappa shape index (κ3) is 4.28. The summed E-state index contributed by atoms with van der Waals surface area (Å²) in [6.45, 7) is 9.96. The van der Waals surface area contributed by atoms with Crippen LogP contribution in [0.4, 0.5) is 4.39 Å². The molecule has 1 atom stereocenters. The molecule has 21 heavy (non-hydrogen) atoms. The molecule has 0 amide bonds. The average Bonchev–Trinajstić information content (AvgIpc) is 2.66. The number of benzene rings is 1. The van der Waals surface area contributed by atoms with Crippen molar-refractivity contribution in [2.75, 3.05) is 13.1 Å². The number of hydrogen-bond donors (Lipinski definition) is 0. The highest BCUT2D eigenvalue weighted by atomic mass is 19.1. The Morgan fingerprint density at radius 1 is 1.29 bits per heavy atom. The van der Waals surface area contributed by atoms with E-state index in [9.17, 15) is 4.39 Å². The van der Waals surface area contributed by atoms with E-state index in [0.717, 1.165) is 31.1 Å². The van der Waals surface area contributed by atoms with Crippen LogP contribution in [0.15, 0.2) is 18.2 Å². The average molecular weight is 288 g/mol. The maximum absolute atomic E-state index is 13.4. The fraction of sp³-hybridized carbons (Fsp3) is 0.611. The number of nitrogens with zero attached hydrogens (tertiary/aromatic N) is 2. The van der Waals surface area contributed by atoms with E-state index in [2.05, 4.69) is 25.7 Å². The second kappa shape index (κ2) is 6.58. The molecule has 1 heterocycles. The van der Waals surface area contributed by atoms with Crippen molar-refractivity contribution in [1.82, 2.24) is 4.90 Å². The lowest BCUT2D eigenvalue weighted by Crippen LogP contribution is -2.26. The van der Waals surface area contributed by atoms with Gasteiger partial charge in [0.15, 0.2) is 0 Å². The quantitative estimate of drug-likeness (QED) is 0.809. The van der Waals surface area contributed by atoms with Crippen molar-refractivity contribution in [2.24, 2.45) is 11.3 Å². The van der Waals surface area contributed by atoms with Crippen molar-refractivity contribution in [1.29, 1.82) is 5.26 Å². The number of likely N-dealkylation sites (tertiary alicyclic amines) is 1. The van der Waals surface area contributed by atoms with Crippen molar-refractivity contribution in [2.45, 2.75) is 46.6 Å². The van der Waals surface area contributed by atoms with Crippen molar-refractivity contribution >= 4 is 0 Å². The standard InChI is InChI=1S/C18H25FN2/c1-18(2,3)16-5-4-9-21(10-8-16)13-14-6-7-17(19)15(11-14)12-20/h6-7,11,16H,4-5,8-10,13H2,1-3H3. The minimum atomic E-state index is -0.426. The molecular weight excluding hydrogens is 263 g/mol. The van der Waals surface area contributed by atoms with Gasteiger partial charge in [0, 0.05) is 6.54 Å². The van der Waals surface area contributed by atoms with Crippen LogP contribution in [0.5, 0.6) is 0 Å². The van der Waals surface area contributed by atoms with Crippen molar-refractivity contribution in [3.05, 3.63) is 35.1 Å². The first kappa shape index (κ1) is 16.0. The molecule has 0 N–H and O–H groups in total. The van der Waals surface area contributed by atoms with Gasteiger partial charge in [-0.05, 0) is 61.4 Å². The Balaban J connectivity index is 2.00. The number of nitriles is 1. The van der Waals surface area contributed by atoms with Crippen molar-refractivity contribution in [3.63, 3.8) is 0 Å². The van der Waals surface area contributed by atoms with E-state index in [1.165, 1.54) is 25.3 Å². The van der Waals surface area contributed by atoms with Crippen LogP contribution in [-0.2, 0) is 6.54 Å². The first-order valence-corrected chi connectivity index (χ1v) is 7.81. The second-order valence-electron chi connectivity index (χ2n) is 7.20. The van der Waals surface area contributed by atoms with E-state index in [-0.39, 0.29) is 5.56 Å². The van der Waals surface area contributed by atoms with E-state index in [4.69, 9.17) is 5.26 Å². The predicted octanol–water partition coefficient (Wildman–Crippen LogP) is 4.35. The summed E-state index contributed by atoms with van der Waals surface area (Å²) in [5.41, 5.74) is 1.55. The Bertz CT molecular complexity index is 525. The van der Waals surface area contributed by atoms with Gasteiger partial charge in [-0.1, -0.05) is 26.8 Å². The van der Waals surface area contributed by atoms with Crippen LogP contribution in [0.3, 0.4) is 0 Å². The van der Waals surface area contributed by atoms with Gasteiger partial charge in [-0.2, -0.15) is 5.26 Å². The Kier molecular flexibility index (Phi) is 5.00. The molecule has 1 saturated heterocycles. The van der Waals surface area contributed by atoms with Gasteiger partial charge in [0.2, 0.25) is 0 Å². The first-order chi connectivity index (χ1) is 9.90. The van der Waals surface area contributed by atoms with Gasteiger partial charge >= 0.3 is 0 Å². The topological polar surface area (TPSA) is 27.0 Å². The summed E-state index contributed by atoms with van der Waals surface area (Å²) in [6.07, 6.45) is 3.72. The Labute approximate surface area is 127 Å². The lowest BCUT2D eigenvalue weighted by atomic mass is 9.77. The fourth-order valence-electron chi connectivity index (χ4n) is 3.19. The summed E-state index contributed by atoms with van der Waals surface area (Å²) in [6, 6.07) is 6.80. The fourth-order valence-corrected chi connectivity index (χ4v) is 3.19. The minimum absolute atomic E-state index is 0.148. The van der Waals surface area contributed by atoms with Gasteiger partial charge < -0.3 is 0 Å².